The number of hydrogen-bond donors (Lipinski definition) is 1. The van der Waals surface area contributed by atoms with Gasteiger partial charge in [0.1, 0.15) is 5.82 Å². The summed E-state index contributed by atoms with van der Waals surface area (Å²) < 4.78 is 41.1. The molecule has 0 bridgehead atoms. The maximum absolute atomic E-state index is 13.4. The van der Waals surface area contributed by atoms with E-state index in [0.717, 1.165) is 29.8 Å². The highest BCUT2D eigenvalue weighted by Gasteiger charge is 2.56. The van der Waals surface area contributed by atoms with Crippen molar-refractivity contribution in [3.8, 4) is 5.69 Å². The SMILES string of the molecule is CC[C@]12Cc3cnn(-c4ccc(F)cc4)c3C=C1CC[C@@]2(O)CCc1ncccc1S(=O)(=O)C(C)C. The normalized spacial score (nSPS) is 23.4. The van der Waals surface area contributed by atoms with Crippen LogP contribution in [0.2, 0.25) is 0 Å². The second kappa shape index (κ2) is 8.92. The third-order valence-corrected chi connectivity index (χ3v) is 10.5. The van der Waals surface area contributed by atoms with Gasteiger partial charge in [0.05, 0.1) is 39.0 Å². The molecule has 1 saturated carbocycles. The molecule has 2 aliphatic rings. The van der Waals surface area contributed by atoms with Crippen LogP contribution < -0.4 is 0 Å². The number of nitrogens with zero attached hydrogens (tertiary/aromatic N) is 3. The van der Waals surface area contributed by atoms with Crippen molar-refractivity contribution in [1.82, 2.24) is 14.8 Å². The van der Waals surface area contributed by atoms with Crippen LogP contribution in [0.15, 0.2) is 59.3 Å². The van der Waals surface area contributed by atoms with Crippen LogP contribution in [-0.2, 0) is 22.7 Å². The topological polar surface area (TPSA) is 85.1 Å². The van der Waals surface area contributed by atoms with Crippen LogP contribution in [0.25, 0.3) is 11.8 Å². The van der Waals surface area contributed by atoms with Gasteiger partial charge in [0.25, 0.3) is 0 Å². The van der Waals surface area contributed by atoms with Gasteiger partial charge in [-0.1, -0.05) is 12.5 Å². The molecule has 2 heterocycles. The van der Waals surface area contributed by atoms with Gasteiger partial charge in [-0.3, -0.25) is 4.98 Å². The Bertz CT molecular complexity index is 1430. The first kappa shape index (κ1) is 24.8. The highest BCUT2D eigenvalue weighted by atomic mass is 32.2. The molecule has 6 nitrogen and oxygen atoms in total. The third kappa shape index (κ3) is 3.82. The highest BCUT2D eigenvalue weighted by Crippen LogP contribution is 2.59. The lowest BCUT2D eigenvalue weighted by Crippen LogP contribution is -2.47. The summed E-state index contributed by atoms with van der Waals surface area (Å²) in [5.41, 5.74) is 3.10. The van der Waals surface area contributed by atoms with Crippen molar-refractivity contribution >= 4 is 15.9 Å². The predicted octanol–water partition coefficient (Wildman–Crippen LogP) is 5.08. The monoisotopic (exact) mass is 509 g/mol. The van der Waals surface area contributed by atoms with E-state index in [1.807, 2.05) is 10.9 Å². The summed E-state index contributed by atoms with van der Waals surface area (Å²) in [6.07, 6.45) is 9.20. The molecule has 190 valence electrons. The first-order chi connectivity index (χ1) is 17.1. The van der Waals surface area contributed by atoms with Crippen molar-refractivity contribution in [2.75, 3.05) is 0 Å². The minimum atomic E-state index is -3.47. The predicted molar refractivity (Wildman–Crippen MR) is 137 cm³/mol. The molecule has 0 amide bonds. The van der Waals surface area contributed by atoms with Gasteiger partial charge in [-0.05, 0) is 100 Å². The van der Waals surface area contributed by atoms with E-state index in [2.05, 4.69) is 23.1 Å². The molecular weight excluding hydrogens is 477 g/mol. The van der Waals surface area contributed by atoms with Crippen molar-refractivity contribution in [2.45, 2.75) is 75.0 Å². The smallest absolute Gasteiger partial charge is 0.182 e. The Morgan fingerprint density at radius 1 is 1.19 bits per heavy atom. The average molecular weight is 510 g/mol. The molecule has 0 aliphatic heterocycles. The summed E-state index contributed by atoms with van der Waals surface area (Å²) in [7, 11) is -3.47. The molecule has 2 aliphatic carbocycles. The van der Waals surface area contributed by atoms with Crippen LogP contribution >= 0.6 is 0 Å². The molecule has 0 unspecified atom stereocenters. The lowest BCUT2D eigenvalue weighted by Gasteiger charge is -2.45. The number of aliphatic hydroxyl groups is 1. The maximum Gasteiger partial charge on any atom is 0.182 e. The van der Waals surface area contributed by atoms with E-state index in [9.17, 15) is 17.9 Å². The molecule has 8 heteroatoms. The number of hydrogen-bond acceptors (Lipinski definition) is 5. The fraction of sp³-hybridized carbons (Fsp3) is 0.429. The maximum atomic E-state index is 13.4. The Hall–Kier alpha value is -2.84. The molecule has 3 aromatic rings. The van der Waals surface area contributed by atoms with Crippen LogP contribution in [0.3, 0.4) is 0 Å². The van der Waals surface area contributed by atoms with Crippen molar-refractivity contribution in [2.24, 2.45) is 5.41 Å². The number of sulfone groups is 1. The molecule has 2 aromatic heterocycles. The van der Waals surface area contributed by atoms with E-state index in [-0.39, 0.29) is 10.7 Å². The lowest BCUT2D eigenvalue weighted by molar-refractivity contribution is -0.0571. The van der Waals surface area contributed by atoms with E-state index in [1.54, 1.807) is 44.3 Å². The number of fused-ring (bicyclic) bond motifs is 2. The van der Waals surface area contributed by atoms with E-state index >= 15 is 0 Å². The van der Waals surface area contributed by atoms with Crippen LogP contribution in [0, 0.1) is 11.2 Å². The average Bonchev–Trinajstić information content (AvgIpc) is 3.40. The summed E-state index contributed by atoms with van der Waals surface area (Å²) in [6.45, 7) is 5.45. The minimum absolute atomic E-state index is 0.259. The molecule has 1 fully saturated rings. The number of aromatic nitrogens is 3. The van der Waals surface area contributed by atoms with Gasteiger partial charge in [-0.15, -0.1) is 0 Å². The molecule has 1 aromatic carbocycles. The number of pyridine rings is 1. The summed E-state index contributed by atoms with van der Waals surface area (Å²) in [6, 6.07) is 9.55. The third-order valence-electron chi connectivity index (χ3n) is 8.23. The zero-order valence-corrected chi connectivity index (χ0v) is 21.7. The Kier molecular flexibility index (Phi) is 6.16. The highest BCUT2D eigenvalue weighted by molar-refractivity contribution is 7.92. The van der Waals surface area contributed by atoms with Gasteiger partial charge in [-0.25, -0.2) is 17.5 Å². The van der Waals surface area contributed by atoms with Gasteiger partial charge >= 0.3 is 0 Å². The van der Waals surface area contributed by atoms with Crippen molar-refractivity contribution in [1.29, 1.82) is 0 Å². The first-order valence-corrected chi connectivity index (χ1v) is 14.1. The van der Waals surface area contributed by atoms with Crippen LogP contribution in [0.5, 0.6) is 0 Å². The Morgan fingerprint density at radius 3 is 2.64 bits per heavy atom. The molecular formula is C28H32FN3O3S. The minimum Gasteiger partial charge on any atom is -0.389 e. The quantitative estimate of drug-likeness (QED) is 0.480. The summed E-state index contributed by atoms with van der Waals surface area (Å²) in [5, 5.41) is 16.1. The summed E-state index contributed by atoms with van der Waals surface area (Å²) >= 11 is 0. The number of halogens is 1. The lowest BCUT2D eigenvalue weighted by atomic mass is 9.63. The van der Waals surface area contributed by atoms with Crippen LogP contribution in [-0.4, -0.2) is 39.1 Å². The molecule has 2 atom stereocenters. The van der Waals surface area contributed by atoms with Gasteiger partial charge in [0.2, 0.25) is 0 Å². The standard InChI is InChI=1S/C28H32FN3O3S/c1-4-27-17-20-18-31-32(23-9-7-22(29)8-10-23)25(20)16-21(27)11-13-28(27,33)14-12-24-26(6-5-15-30-24)36(34,35)19(2)3/h5-10,15-16,18-19,33H,4,11-14,17H2,1-3H3/t27-,28+/m0/s1. The number of rotatable bonds is 7. The van der Waals surface area contributed by atoms with Crippen LogP contribution in [0.1, 0.15) is 63.4 Å². The number of benzene rings is 1. The molecule has 5 rings (SSSR count). The van der Waals surface area contributed by atoms with Crippen molar-refractivity contribution in [3.05, 3.63) is 77.1 Å². The number of aryl methyl sites for hydroxylation is 1. The zero-order valence-electron chi connectivity index (χ0n) is 20.9. The van der Waals surface area contributed by atoms with Gasteiger partial charge in [-0.2, -0.15) is 5.10 Å². The molecule has 1 N–H and O–H groups in total. The Morgan fingerprint density at radius 2 is 1.94 bits per heavy atom. The molecule has 0 saturated heterocycles. The van der Waals surface area contributed by atoms with Crippen LogP contribution in [0.4, 0.5) is 4.39 Å². The first-order valence-electron chi connectivity index (χ1n) is 12.6. The second-order valence-electron chi connectivity index (χ2n) is 10.3. The van der Waals surface area contributed by atoms with Crippen molar-refractivity contribution < 1.29 is 17.9 Å². The molecule has 0 radical (unpaired) electrons. The Balaban J connectivity index is 1.46. The van der Waals surface area contributed by atoms with Crippen molar-refractivity contribution in [3.63, 3.8) is 0 Å². The summed E-state index contributed by atoms with van der Waals surface area (Å²) in [5.74, 6) is -0.291. The molecule has 36 heavy (non-hydrogen) atoms. The fourth-order valence-electron chi connectivity index (χ4n) is 6.06. The molecule has 0 spiro atoms. The fourth-order valence-corrected chi connectivity index (χ4v) is 7.32. The van der Waals surface area contributed by atoms with E-state index < -0.39 is 26.1 Å². The van der Waals surface area contributed by atoms with E-state index in [4.69, 9.17) is 0 Å². The Labute approximate surface area is 211 Å². The van der Waals surface area contributed by atoms with E-state index in [1.165, 1.54) is 17.7 Å². The second-order valence-corrected chi connectivity index (χ2v) is 12.8. The summed E-state index contributed by atoms with van der Waals surface area (Å²) in [4.78, 5) is 4.66. The van der Waals surface area contributed by atoms with E-state index in [0.29, 0.717) is 31.4 Å². The van der Waals surface area contributed by atoms with Gasteiger partial charge in [0, 0.05) is 11.6 Å². The van der Waals surface area contributed by atoms with Gasteiger partial charge < -0.3 is 5.11 Å². The van der Waals surface area contributed by atoms with Gasteiger partial charge in [0.15, 0.2) is 9.84 Å². The largest absolute Gasteiger partial charge is 0.389 e. The zero-order chi connectivity index (χ0) is 25.7.